The van der Waals surface area contributed by atoms with Crippen molar-refractivity contribution in [1.29, 1.82) is 0 Å². The lowest BCUT2D eigenvalue weighted by Gasteiger charge is -2.69. The first kappa shape index (κ1) is 19.7. The highest BCUT2D eigenvalue weighted by molar-refractivity contribution is 5.85. The lowest BCUT2D eigenvalue weighted by Crippen LogP contribution is -2.63. The third kappa shape index (κ3) is 2.38. The van der Waals surface area contributed by atoms with E-state index in [1.165, 1.54) is 37.7 Å². The number of rotatable bonds is 1. The molecule has 4 rings (SSSR count). The van der Waals surface area contributed by atoms with Crippen LogP contribution in [-0.4, -0.2) is 17.5 Å². The van der Waals surface area contributed by atoms with Gasteiger partial charge in [-0.25, -0.2) is 0 Å². The van der Waals surface area contributed by atoms with Gasteiger partial charge in [-0.1, -0.05) is 46.3 Å². The zero-order chi connectivity index (χ0) is 19.8. The average molecular weight is 373 g/mol. The van der Waals surface area contributed by atoms with E-state index in [9.17, 15) is 9.90 Å². The lowest BCUT2D eigenvalue weighted by atomic mass is 9.35. The summed E-state index contributed by atoms with van der Waals surface area (Å²) in [5.74, 6) is 2.71. The highest BCUT2D eigenvalue weighted by Gasteiger charge is 2.66. The minimum Gasteiger partial charge on any atom is -0.396 e. The van der Waals surface area contributed by atoms with E-state index in [4.69, 9.17) is 0 Å². The lowest BCUT2D eigenvalue weighted by molar-refractivity contribution is -0.201. The second kappa shape index (κ2) is 5.94. The Labute approximate surface area is 166 Å². The molecule has 0 radical (unpaired) electrons. The smallest absolute Gasteiger partial charge is 0.138 e. The first-order valence-electron chi connectivity index (χ1n) is 11.3. The quantitative estimate of drug-likeness (QED) is 0.592. The minimum absolute atomic E-state index is 0.161. The number of ketones is 1. The van der Waals surface area contributed by atoms with E-state index in [1.54, 1.807) is 0 Å². The van der Waals surface area contributed by atoms with Gasteiger partial charge in [0, 0.05) is 17.8 Å². The highest BCUT2D eigenvalue weighted by Crippen LogP contribution is 2.72. The molecule has 0 spiro atoms. The SMILES string of the molecule is CC1=CC[C@@H]2[C@@]3(C)CC[C@H]4C(C)(C)C(=O)CC[C@]4(C)[C@@H]3CC[C@@]2(C)[C@@H]1CO. The number of aliphatic hydroxyl groups excluding tert-OH is 1. The van der Waals surface area contributed by atoms with Crippen molar-refractivity contribution >= 4 is 5.78 Å². The Morgan fingerprint density at radius 1 is 0.926 bits per heavy atom. The Bertz CT molecular complexity index is 676. The van der Waals surface area contributed by atoms with E-state index < -0.39 is 0 Å². The number of Topliss-reactive ketones (excluding diaryl/α,β-unsaturated/α-hetero) is 1. The average Bonchev–Trinajstić information content (AvgIpc) is 2.57. The van der Waals surface area contributed by atoms with Gasteiger partial charge in [0.25, 0.3) is 0 Å². The molecule has 4 aliphatic carbocycles. The van der Waals surface area contributed by atoms with Gasteiger partial charge in [0.05, 0.1) is 6.61 Å². The number of carbonyl (C=O) groups excluding carboxylic acids is 1. The van der Waals surface area contributed by atoms with Crippen molar-refractivity contribution in [2.75, 3.05) is 6.61 Å². The van der Waals surface area contributed by atoms with Crippen LogP contribution in [0.1, 0.15) is 86.5 Å². The van der Waals surface area contributed by atoms with Gasteiger partial charge < -0.3 is 5.11 Å². The number of allylic oxidation sites excluding steroid dienone is 1. The van der Waals surface area contributed by atoms with Gasteiger partial charge in [0.1, 0.15) is 5.78 Å². The monoisotopic (exact) mass is 372 g/mol. The maximum Gasteiger partial charge on any atom is 0.138 e. The minimum atomic E-state index is -0.161. The largest absolute Gasteiger partial charge is 0.396 e. The first-order chi connectivity index (χ1) is 12.5. The van der Waals surface area contributed by atoms with Crippen LogP contribution >= 0.6 is 0 Å². The Morgan fingerprint density at radius 3 is 2.19 bits per heavy atom. The summed E-state index contributed by atoms with van der Waals surface area (Å²) in [6.07, 6.45) is 10.4. The number of hydrogen-bond acceptors (Lipinski definition) is 2. The third-order valence-corrected chi connectivity index (χ3v) is 10.6. The van der Waals surface area contributed by atoms with Crippen molar-refractivity contribution in [2.24, 2.45) is 45.3 Å². The van der Waals surface area contributed by atoms with Crippen LogP contribution in [0.2, 0.25) is 0 Å². The van der Waals surface area contributed by atoms with E-state index in [2.05, 4.69) is 47.6 Å². The Morgan fingerprint density at radius 2 is 1.52 bits per heavy atom. The van der Waals surface area contributed by atoms with Gasteiger partial charge >= 0.3 is 0 Å². The maximum atomic E-state index is 12.7. The summed E-state index contributed by atoms with van der Waals surface area (Å²) in [5.41, 5.74) is 2.09. The van der Waals surface area contributed by atoms with Crippen LogP contribution < -0.4 is 0 Å². The zero-order valence-electron chi connectivity index (χ0n) is 18.4. The molecule has 7 atom stereocenters. The molecule has 0 bridgehead atoms. The van der Waals surface area contributed by atoms with Crippen molar-refractivity contribution in [3.63, 3.8) is 0 Å². The molecule has 2 heteroatoms. The fourth-order valence-electron chi connectivity index (χ4n) is 9.12. The van der Waals surface area contributed by atoms with E-state index in [0.717, 1.165) is 12.8 Å². The molecule has 0 aromatic carbocycles. The summed E-state index contributed by atoms with van der Waals surface area (Å²) in [5, 5.41) is 10.2. The van der Waals surface area contributed by atoms with Crippen molar-refractivity contribution in [1.82, 2.24) is 0 Å². The van der Waals surface area contributed by atoms with Gasteiger partial charge in [-0.3, -0.25) is 4.79 Å². The Kier molecular flexibility index (Phi) is 4.33. The molecule has 3 fully saturated rings. The van der Waals surface area contributed by atoms with Crippen LogP contribution in [0.4, 0.5) is 0 Å². The van der Waals surface area contributed by atoms with Gasteiger partial charge in [0.15, 0.2) is 0 Å². The van der Waals surface area contributed by atoms with Crippen molar-refractivity contribution in [2.45, 2.75) is 86.5 Å². The second-order valence-corrected chi connectivity index (χ2v) is 11.8. The van der Waals surface area contributed by atoms with Crippen LogP contribution in [0.15, 0.2) is 11.6 Å². The molecule has 1 N–H and O–H groups in total. The molecule has 152 valence electrons. The summed E-state index contributed by atoms with van der Waals surface area (Å²) in [6, 6.07) is 0. The number of carbonyl (C=O) groups is 1. The van der Waals surface area contributed by atoms with Crippen LogP contribution in [0.25, 0.3) is 0 Å². The van der Waals surface area contributed by atoms with E-state index in [0.29, 0.717) is 34.9 Å². The van der Waals surface area contributed by atoms with Crippen LogP contribution in [0.3, 0.4) is 0 Å². The molecule has 0 aromatic heterocycles. The molecule has 3 saturated carbocycles. The molecular weight excluding hydrogens is 332 g/mol. The van der Waals surface area contributed by atoms with Gasteiger partial charge in [0.2, 0.25) is 0 Å². The summed E-state index contributed by atoms with van der Waals surface area (Å²) < 4.78 is 0. The zero-order valence-corrected chi connectivity index (χ0v) is 18.4. The number of fused-ring (bicyclic) bond motifs is 5. The predicted molar refractivity (Wildman–Crippen MR) is 110 cm³/mol. The van der Waals surface area contributed by atoms with Crippen molar-refractivity contribution in [3.8, 4) is 0 Å². The third-order valence-electron chi connectivity index (χ3n) is 10.6. The van der Waals surface area contributed by atoms with Crippen LogP contribution in [0.5, 0.6) is 0 Å². The summed E-state index contributed by atoms with van der Waals surface area (Å²) >= 11 is 0. The standard InChI is InChI=1S/C25H40O2/c1-16-7-8-19-23(4,17(16)15-26)12-10-20-24(5)14-11-21(27)22(2,3)18(24)9-13-25(19,20)6/h7,17-20,26H,8-15H2,1-6H3/t17-,18+,19+,20+,23+,24+,25-/m1/s1. The normalized spacial score (nSPS) is 51.7. The van der Waals surface area contributed by atoms with E-state index in [1.807, 2.05) is 0 Å². The molecule has 0 unspecified atom stereocenters. The Hall–Kier alpha value is -0.630. The summed E-state index contributed by atoms with van der Waals surface area (Å²) in [6.45, 7) is 14.5. The van der Waals surface area contributed by atoms with Crippen molar-refractivity contribution in [3.05, 3.63) is 11.6 Å². The number of hydrogen-bond donors (Lipinski definition) is 1. The molecular formula is C25H40O2. The summed E-state index contributed by atoms with van der Waals surface area (Å²) in [7, 11) is 0. The number of aliphatic hydroxyl groups is 1. The van der Waals surface area contributed by atoms with Gasteiger partial charge in [-0.15, -0.1) is 0 Å². The molecule has 0 heterocycles. The molecule has 0 aromatic rings. The van der Waals surface area contributed by atoms with Crippen molar-refractivity contribution < 1.29 is 9.90 Å². The van der Waals surface area contributed by atoms with E-state index >= 15 is 0 Å². The molecule has 0 aliphatic heterocycles. The predicted octanol–water partition coefficient (Wildman–Crippen LogP) is 5.79. The fraction of sp³-hybridized carbons (Fsp3) is 0.880. The first-order valence-corrected chi connectivity index (χ1v) is 11.3. The Balaban J connectivity index is 1.75. The topological polar surface area (TPSA) is 37.3 Å². The van der Waals surface area contributed by atoms with E-state index in [-0.39, 0.29) is 22.9 Å². The molecule has 4 aliphatic rings. The molecule has 0 amide bonds. The molecule has 27 heavy (non-hydrogen) atoms. The van der Waals surface area contributed by atoms with Crippen LogP contribution in [0, 0.1) is 45.3 Å². The molecule has 2 nitrogen and oxygen atoms in total. The fourth-order valence-corrected chi connectivity index (χ4v) is 9.12. The van der Waals surface area contributed by atoms with Gasteiger partial charge in [-0.05, 0) is 79.4 Å². The van der Waals surface area contributed by atoms with Gasteiger partial charge in [-0.2, -0.15) is 0 Å². The highest BCUT2D eigenvalue weighted by atomic mass is 16.3. The second-order valence-electron chi connectivity index (χ2n) is 11.8. The molecule has 0 saturated heterocycles. The summed E-state index contributed by atoms with van der Waals surface area (Å²) in [4.78, 5) is 12.7. The van der Waals surface area contributed by atoms with Crippen LogP contribution in [-0.2, 0) is 4.79 Å². The maximum absolute atomic E-state index is 12.7.